The number of nitrogens with zero attached hydrogens (tertiary/aromatic N) is 2. The van der Waals surface area contributed by atoms with Crippen LogP contribution < -0.4 is 0 Å². The van der Waals surface area contributed by atoms with Crippen molar-refractivity contribution >= 4 is 5.91 Å². The smallest absolute Gasteiger partial charge is 0.222 e. The average Bonchev–Trinajstić information content (AvgIpc) is 2.75. The summed E-state index contributed by atoms with van der Waals surface area (Å²) in [6.45, 7) is 14.4. The van der Waals surface area contributed by atoms with E-state index >= 15 is 0 Å². The highest BCUT2D eigenvalue weighted by atomic mass is 16.5. The van der Waals surface area contributed by atoms with Crippen molar-refractivity contribution in [1.82, 2.24) is 10.1 Å². The van der Waals surface area contributed by atoms with Crippen LogP contribution >= 0.6 is 0 Å². The van der Waals surface area contributed by atoms with Crippen molar-refractivity contribution in [2.75, 3.05) is 13.1 Å². The summed E-state index contributed by atoms with van der Waals surface area (Å²) in [7, 11) is 0. The van der Waals surface area contributed by atoms with E-state index in [4.69, 9.17) is 4.52 Å². The summed E-state index contributed by atoms with van der Waals surface area (Å²) in [4.78, 5) is 14.6. The third-order valence-electron chi connectivity index (χ3n) is 4.08. The van der Waals surface area contributed by atoms with Gasteiger partial charge in [-0.1, -0.05) is 32.9 Å². The van der Waals surface area contributed by atoms with E-state index < -0.39 is 0 Å². The normalized spacial score (nSPS) is 11.5. The Balaban J connectivity index is 2.58. The SMILES string of the molecule is Cc1noc(C)c1CCC(=O)N(CCC(C)C)CCC(C)C. The summed E-state index contributed by atoms with van der Waals surface area (Å²) in [5.74, 6) is 2.33. The molecule has 0 N–H and O–H groups in total. The minimum Gasteiger partial charge on any atom is -0.361 e. The molecule has 1 aromatic heterocycles. The molecule has 22 heavy (non-hydrogen) atoms. The molecule has 0 aliphatic heterocycles. The van der Waals surface area contributed by atoms with Crippen LogP contribution in [0.4, 0.5) is 0 Å². The first-order valence-corrected chi connectivity index (χ1v) is 8.50. The van der Waals surface area contributed by atoms with Crippen LogP contribution in [0, 0.1) is 25.7 Å². The number of carbonyl (C=O) groups excluding carboxylic acids is 1. The first-order chi connectivity index (χ1) is 10.3. The molecular formula is C18H32N2O2. The van der Waals surface area contributed by atoms with Gasteiger partial charge in [0.2, 0.25) is 5.91 Å². The second-order valence-corrected chi connectivity index (χ2v) is 7.05. The van der Waals surface area contributed by atoms with E-state index in [0.717, 1.165) is 49.4 Å². The Kier molecular flexibility index (Phi) is 7.63. The van der Waals surface area contributed by atoms with Crippen LogP contribution in [0.2, 0.25) is 0 Å². The summed E-state index contributed by atoms with van der Waals surface area (Å²) in [5, 5.41) is 3.96. The zero-order chi connectivity index (χ0) is 16.7. The van der Waals surface area contributed by atoms with E-state index in [1.165, 1.54) is 0 Å². The van der Waals surface area contributed by atoms with Gasteiger partial charge in [0.25, 0.3) is 0 Å². The topological polar surface area (TPSA) is 46.3 Å². The lowest BCUT2D eigenvalue weighted by Crippen LogP contribution is -2.34. The van der Waals surface area contributed by atoms with Crippen molar-refractivity contribution < 1.29 is 9.32 Å². The Bertz CT molecular complexity index is 432. The lowest BCUT2D eigenvalue weighted by molar-refractivity contribution is -0.131. The van der Waals surface area contributed by atoms with Crippen LogP contribution in [-0.2, 0) is 11.2 Å². The Hall–Kier alpha value is -1.32. The number of carbonyl (C=O) groups is 1. The van der Waals surface area contributed by atoms with Gasteiger partial charge in [0.1, 0.15) is 5.76 Å². The van der Waals surface area contributed by atoms with Gasteiger partial charge < -0.3 is 9.42 Å². The van der Waals surface area contributed by atoms with Crippen molar-refractivity contribution in [2.45, 2.75) is 67.2 Å². The molecule has 1 heterocycles. The molecule has 0 aliphatic rings. The van der Waals surface area contributed by atoms with Crippen LogP contribution in [-0.4, -0.2) is 29.1 Å². The average molecular weight is 308 g/mol. The molecule has 126 valence electrons. The Labute approximate surface area is 135 Å². The largest absolute Gasteiger partial charge is 0.361 e. The van der Waals surface area contributed by atoms with Crippen molar-refractivity contribution in [3.05, 3.63) is 17.0 Å². The van der Waals surface area contributed by atoms with E-state index in [1.54, 1.807) is 0 Å². The second kappa shape index (κ2) is 8.96. The molecule has 0 saturated carbocycles. The molecular weight excluding hydrogens is 276 g/mol. The highest BCUT2D eigenvalue weighted by molar-refractivity contribution is 5.76. The van der Waals surface area contributed by atoms with Gasteiger partial charge in [0.15, 0.2) is 0 Å². The molecule has 0 bridgehead atoms. The predicted molar refractivity (Wildman–Crippen MR) is 89.8 cm³/mol. The highest BCUT2D eigenvalue weighted by Crippen LogP contribution is 2.16. The zero-order valence-electron chi connectivity index (χ0n) is 15.1. The molecule has 0 spiro atoms. The number of rotatable bonds is 9. The van der Waals surface area contributed by atoms with Gasteiger partial charge in [-0.3, -0.25) is 4.79 Å². The zero-order valence-corrected chi connectivity index (χ0v) is 15.1. The Morgan fingerprint density at radius 2 is 1.64 bits per heavy atom. The fourth-order valence-corrected chi connectivity index (χ4v) is 2.44. The maximum absolute atomic E-state index is 12.6. The third kappa shape index (κ3) is 6.20. The van der Waals surface area contributed by atoms with Crippen molar-refractivity contribution in [2.24, 2.45) is 11.8 Å². The van der Waals surface area contributed by atoms with Gasteiger partial charge in [0, 0.05) is 25.1 Å². The lowest BCUT2D eigenvalue weighted by atomic mass is 10.1. The molecule has 1 aromatic rings. The van der Waals surface area contributed by atoms with Crippen LogP contribution in [0.3, 0.4) is 0 Å². The standard InChI is InChI=1S/C18H32N2O2/c1-13(2)9-11-20(12-10-14(3)4)18(21)8-7-17-15(5)19-22-16(17)6/h13-14H,7-12H2,1-6H3. The first-order valence-electron chi connectivity index (χ1n) is 8.50. The first kappa shape index (κ1) is 18.7. The minimum absolute atomic E-state index is 0.251. The van der Waals surface area contributed by atoms with Gasteiger partial charge in [-0.15, -0.1) is 0 Å². The highest BCUT2D eigenvalue weighted by Gasteiger charge is 2.17. The monoisotopic (exact) mass is 308 g/mol. The van der Waals surface area contributed by atoms with Gasteiger partial charge in [-0.05, 0) is 44.9 Å². The number of aryl methyl sites for hydroxylation is 2. The van der Waals surface area contributed by atoms with Crippen LogP contribution in [0.15, 0.2) is 4.52 Å². The number of hydrogen-bond donors (Lipinski definition) is 0. The Morgan fingerprint density at radius 1 is 1.09 bits per heavy atom. The van der Waals surface area contributed by atoms with E-state index in [-0.39, 0.29) is 5.91 Å². The quantitative estimate of drug-likeness (QED) is 0.688. The number of aromatic nitrogens is 1. The maximum Gasteiger partial charge on any atom is 0.222 e. The van der Waals surface area contributed by atoms with E-state index in [0.29, 0.717) is 18.3 Å². The van der Waals surface area contributed by atoms with Crippen molar-refractivity contribution in [3.63, 3.8) is 0 Å². The van der Waals surface area contributed by atoms with Crippen LogP contribution in [0.25, 0.3) is 0 Å². The molecule has 4 heteroatoms. The summed E-state index contributed by atoms with van der Waals surface area (Å²) >= 11 is 0. The molecule has 0 fully saturated rings. The van der Waals surface area contributed by atoms with Gasteiger partial charge in [0.05, 0.1) is 5.69 Å². The van der Waals surface area contributed by atoms with Gasteiger partial charge in [-0.25, -0.2) is 0 Å². The molecule has 0 radical (unpaired) electrons. The summed E-state index contributed by atoms with van der Waals surface area (Å²) in [6.07, 6.45) is 3.39. The predicted octanol–water partition coefficient (Wildman–Crippen LogP) is 4.14. The van der Waals surface area contributed by atoms with Gasteiger partial charge in [-0.2, -0.15) is 0 Å². The second-order valence-electron chi connectivity index (χ2n) is 7.05. The number of amides is 1. The lowest BCUT2D eigenvalue weighted by Gasteiger charge is -2.24. The van der Waals surface area contributed by atoms with Crippen molar-refractivity contribution in [3.8, 4) is 0 Å². The minimum atomic E-state index is 0.251. The van der Waals surface area contributed by atoms with Gasteiger partial charge >= 0.3 is 0 Å². The molecule has 0 aliphatic carbocycles. The summed E-state index contributed by atoms with van der Waals surface area (Å²) in [6, 6.07) is 0. The molecule has 4 nitrogen and oxygen atoms in total. The van der Waals surface area contributed by atoms with Crippen LogP contribution in [0.1, 0.15) is 64.0 Å². The van der Waals surface area contributed by atoms with E-state index in [2.05, 4.69) is 32.9 Å². The van der Waals surface area contributed by atoms with Crippen molar-refractivity contribution in [1.29, 1.82) is 0 Å². The molecule has 0 aromatic carbocycles. The molecule has 0 saturated heterocycles. The fraction of sp³-hybridized carbons (Fsp3) is 0.778. The molecule has 1 amide bonds. The maximum atomic E-state index is 12.6. The molecule has 0 atom stereocenters. The fourth-order valence-electron chi connectivity index (χ4n) is 2.44. The van der Waals surface area contributed by atoms with E-state index in [9.17, 15) is 4.79 Å². The third-order valence-corrected chi connectivity index (χ3v) is 4.08. The Morgan fingerprint density at radius 3 is 2.05 bits per heavy atom. The summed E-state index contributed by atoms with van der Waals surface area (Å²) in [5.41, 5.74) is 1.99. The van der Waals surface area contributed by atoms with E-state index in [1.807, 2.05) is 18.7 Å². The summed E-state index contributed by atoms with van der Waals surface area (Å²) < 4.78 is 5.17. The number of hydrogen-bond acceptors (Lipinski definition) is 3. The molecule has 0 unspecified atom stereocenters. The molecule has 1 rings (SSSR count). The van der Waals surface area contributed by atoms with Crippen LogP contribution in [0.5, 0.6) is 0 Å².